The zero-order valence-corrected chi connectivity index (χ0v) is 19.7. The summed E-state index contributed by atoms with van der Waals surface area (Å²) in [5.41, 5.74) is 0.992. The van der Waals surface area contributed by atoms with Crippen LogP contribution >= 0.6 is 0 Å². The summed E-state index contributed by atoms with van der Waals surface area (Å²) in [5, 5.41) is 0.0572. The summed E-state index contributed by atoms with van der Waals surface area (Å²) in [6, 6.07) is 6.63. The number of ether oxygens (including phenoxy) is 1. The topological polar surface area (TPSA) is 61.8 Å². The summed E-state index contributed by atoms with van der Waals surface area (Å²) in [5.74, 6) is 0. The quantitative estimate of drug-likeness (QED) is 0.355. The van der Waals surface area contributed by atoms with Crippen LogP contribution in [0.3, 0.4) is 0 Å². The van der Waals surface area contributed by atoms with Crippen LogP contribution in [0.4, 0.5) is 0 Å². The number of hydrogen-bond acceptors (Lipinski definition) is 5. The summed E-state index contributed by atoms with van der Waals surface area (Å²) < 4.78 is 43.1. The smallest absolute Gasteiger partial charge is 0.297 e. The molecular formula is C21H34O5SSi. The molecule has 1 aromatic carbocycles. The number of benzene rings is 1. The highest BCUT2D eigenvalue weighted by Gasteiger charge is 2.43. The lowest BCUT2D eigenvalue weighted by molar-refractivity contribution is -0.109. The fraction of sp³-hybridized carbons (Fsp3) is 0.619. The van der Waals surface area contributed by atoms with Crippen molar-refractivity contribution in [2.24, 2.45) is 0 Å². The second-order valence-corrected chi connectivity index (χ2v) is 15.4. The van der Waals surface area contributed by atoms with Crippen molar-refractivity contribution < 1.29 is 21.8 Å². The van der Waals surface area contributed by atoms with Gasteiger partial charge in [-0.15, -0.1) is 6.58 Å². The molecule has 0 aromatic heterocycles. The Labute approximate surface area is 171 Å². The van der Waals surface area contributed by atoms with E-state index in [1.54, 1.807) is 30.3 Å². The summed E-state index contributed by atoms with van der Waals surface area (Å²) in [4.78, 5) is 0.149. The Morgan fingerprint density at radius 1 is 1.21 bits per heavy atom. The van der Waals surface area contributed by atoms with Crippen LogP contribution in [0.5, 0.6) is 0 Å². The van der Waals surface area contributed by atoms with Gasteiger partial charge in [0.1, 0.15) is 6.10 Å². The Morgan fingerprint density at radius 3 is 2.36 bits per heavy atom. The van der Waals surface area contributed by atoms with Gasteiger partial charge in [-0.2, -0.15) is 8.42 Å². The first-order valence-corrected chi connectivity index (χ1v) is 14.1. The van der Waals surface area contributed by atoms with Gasteiger partial charge < -0.3 is 9.16 Å². The van der Waals surface area contributed by atoms with Gasteiger partial charge in [0.15, 0.2) is 8.32 Å². The predicted molar refractivity (Wildman–Crippen MR) is 114 cm³/mol. The first-order valence-electron chi connectivity index (χ1n) is 9.78. The van der Waals surface area contributed by atoms with Gasteiger partial charge in [0.2, 0.25) is 0 Å². The van der Waals surface area contributed by atoms with Crippen molar-refractivity contribution >= 4 is 18.4 Å². The Balaban J connectivity index is 2.13. The summed E-state index contributed by atoms with van der Waals surface area (Å²) >= 11 is 0. The minimum atomic E-state index is -3.85. The van der Waals surface area contributed by atoms with Crippen LogP contribution in [0.15, 0.2) is 41.8 Å². The molecular weight excluding hydrogens is 392 g/mol. The maximum absolute atomic E-state index is 12.6. The molecule has 1 fully saturated rings. The molecule has 1 aliphatic heterocycles. The second-order valence-electron chi connectivity index (χ2n) is 8.99. The molecule has 0 bridgehead atoms. The molecule has 1 saturated heterocycles. The van der Waals surface area contributed by atoms with Crippen molar-refractivity contribution in [3.63, 3.8) is 0 Å². The molecule has 0 radical (unpaired) electrons. The number of aryl methyl sites for hydroxylation is 1. The van der Waals surface area contributed by atoms with Gasteiger partial charge in [0.05, 0.1) is 23.7 Å². The van der Waals surface area contributed by atoms with E-state index in [4.69, 9.17) is 13.3 Å². The molecule has 2 rings (SSSR count). The largest absolute Gasteiger partial charge is 0.411 e. The molecule has 1 aromatic rings. The molecule has 0 N–H and O–H groups in total. The third-order valence-electron chi connectivity index (χ3n) is 5.71. The van der Waals surface area contributed by atoms with E-state index in [9.17, 15) is 8.42 Å². The zero-order chi connectivity index (χ0) is 21.2. The van der Waals surface area contributed by atoms with Gasteiger partial charge in [0.25, 0.3) is 10.1 Å². The van der Waals surface area contributed by atoms with Crippen LogP contribution in [-0.4, -0.2) is 41.7 Å². The lowest BCUT2D eigenvalue weighted by atomic mass is 10.0. The lowest BCUT2D eigenvalue weighted by Crippen LogP contribution is -2.51. The lowest BCUT2D eigenvalue weighted by Gasteiger charge is -2.43. The van der Waals surface area contributed by atoms with Crippen molar-refractivity contribution in [3.8, 4) is 0 Å². The summed E-state index contributed by atoms with van der Waals surface area (Å²) in [6.07, 6.45) is 2.60. The highest BCUT2D eigenvalue weighted by atomic mass is 32.2. The van der Waals surface area contributed by atoms with Crippen LogP contribution in [0.1, 0.15) is 39.2 Å². The molecule has 3 atom stereocenters. The number of hydrogen-bond donors (Lipinski definition) is 0. The van der Waals surface area contributed by atoms with E-state index in [1.165, 1.54) is 0 Å². The molecule has 28 heavy (non-hydrogen) atoms. The molecule has 0 aliphatic carbocycles. The first kappa shape index (κ1) is 23.3. The SMILES string of the molecule is C=C[C@H]1CC[C@H](O[Si](C)(C)C(C)(C)C)[C@@H](COS(=O)(=O)c2ccc(C)cc2)O1. The van der Waals surface area contributed by atoms with Gasteiger partial charge in [-0.25, -0.2) is 0 Å². The van der Waals surface area contributed by atoms with Crippen molar-refractivity contribution in [3.05, 3.63) is 42.5 Å². The molecule has 0 saturated carbocycles. The predicted octanol–water partition coefficient (Wildman–Crippen LogP) is 4.82. The molecule has 1 heterocycles. The maximum atomic E-state index is 12.6. The second kappa shape index (κ2) is 8.79. The Kier molecular flexibility index (Phi) is 7.31. The molecule has 1 aliphatic rings. The van der Waals surface area contributed by atoms with Crippen LogP contribution < -0.4 is 0 Å². The fourth-order valence-electron chi connectivity index (χ4n) is 2.83. The standard InChI is InChI=1S/C21H34O5SSi/c1-8-17-11-14-19(26-28(6,7)21(3,4)5)20(25-17)15-24-27(22,23)18-12-9-16(2)10-13-18/h8-10,12-13,17,19-20H,1,11,14-15H2,2-7H3/t17-,19-,20+/m0/s1. The van der Waals surface area contributed by atoms with E-state index in [0.717, 1.165) is 18.4 Å². The summed E-state index contributed by atoms with van der Waals surface area (Å²) in [6.45, 7) is 16.6. The Hall–Kier alpha value is -0.993. The minimum absolute atomic E-state index is 0.0572. The maximum Gasteiger partial charge on any atom is 0.297 e. The van der Waals surface area contributed by atoms with E-state index in [2.05, 4.69) is 40.4 Å². The molecule has 0 amide bonds. The molecule has 0 unspecified atom stereocenters. The normalized spacial score (nSPS) is 24.1. The van der Waals surface area contributed by atoms with Crippen LogP contribution in [0, 0.1) is 6.92 Å². The van der Waals surface area contributed by atoms with Gasteiger partial charge in [0, 0.05) is 0 Å². The molecule has 0 spiro atoms. The average molecular weight is 427 g/mol. The van der Waals surface area contributed by atoms with Gasteiger partial charge >= 0.3 is 0 Å². The summed E-state index contributed by atoms with van der Waals surface area (Å²) in [7, 11) is -5.87. The average Bonchev–Trinajstić information content (AvgIpc) is 2.60. The Morgan fingerprint density at radius 2 is 1.82 bits per heavy atom. The van der Waals surface area contributed by atoms with Crippen LogP contribution in [0.25, 0.3) is 0 Å². The van der Waals surface area contributed by atoms with Crippen LogP contribution in [-0.2, 0) is 23.5 Å². The van der Waals surface area contributed by atoms with Crippen molar-refractivity contribution in [1.82, 2.24) is 0 Å². The van der Waals surface area contributed by atoms with E-state index in [1.807, 2.05) is 6.92 Å². The first-order chi connectivity index (χ1) is 12.9. The third kappa shape index (κ3) is 5.76. The van der Waals surface area contributed by atoms with E-state index in [0.29, 0.717) is 0 Å². The van der Waals surface area contributed by atoms with Crippen molar-refractivity contribution in [1.29, 1.82) is 0 Å². The third-order valence-corrected chi connectivity index (χ3v) is 11.5. The monoisotopic (exact) mass is 426 g/mol. The van der Waals surface area contributed by atoms with Gasteiger partial charge in [-0.05, 0) is 50.0 Å². The highest BCUT2D eigenvalue weighted by molar-refractivity contribution is 7.86. The number of rotatable bonds is 7. The van der Waals surface area contributed by atoms with Gasteiger partial charge in [-0.1, -0.05) is 44.5 Å². The zero-order valence-electron chi connectivity index (χ0n) is 17.9. The van der Waals surface area contributed by atoms with E-state index >= 15 is 0 Å². The van der Waals surface area contributed by atoms with Gasteiger partial charge in [-0.3, -0.25) is 4.18 Å². The van der Waals surface area contributed by atoms with E-state index < -0.39 is 24.5 Å². The van der Waals surface area contributed by atoms with E-state index in [-0.39, 0.29) is 28.7 Å². The minimum Gasteiger partial charge on any atom is -0.411 e. The fourth-order valence-corrected chi connectivity index (χ4v) is 5.13. The molecule has 5 nitrogen and oxygen atoms in total. The molecule has 158 valence electrons. The Bertz CT molecular complexity index is 765. The van der Waals surface area contributed by atoms with Crippen molar-refractivity contribution in [2.45, 2.75) is 81.9 Å². The highest BCUT2D eigenvalue weighted by Crippen LogP contribution is 2.39. The molecule has 7 heteroatoms. The van der Waals surface area contributed by atoms with Crippen molar-refractivity contribution in [2.75, 3.05) is 6.61 Å². The van der Waals surface area contributed by atoms with Crippen LogP contribution in [0.2, 0.25) is 18.1 Å².